The van der Waals surface area contributed by atoms with E-state index in [1.807, 2.05) is 32.9 Å². The van der Waals surface area contributed by atoms with Crippen molar-refractivity contribution in [3.63, 3.8) is 0 Å². The van der Waals surface area contributed by atoms with Crippen LogP contribution in [0.2, 0.25) is 0 Å². The monoisotopic (exact) mass is 249 g/mol. The van der Waals surface area contributed by atoms with Gasteiger partial charge in [-0.1, -0.05) is 17.7 Å². The molecule has 1 unspecified atom stereocenters. The summed E-state index contributed by atoms with van der Waals surface area (Å²) in [5, 5.41) is 12.0. The summed E-state index contributed by atoms with van der Waals surface area (Å²) in [4.78, 5) is 12.1. The maximum absolute atomic E-state index is 12.1. The predicted octanol–water partition coefficient (Wildman–Crippen LogP) is 2.50. The zero-order chi connectivity index (χ0) is 13.7. The van der Waals surface area contributed by atoms with Crippen LogP contribution >= 0.6 is 0 Å². The van der Waals surface area contributed by atoms with Crippen LogP contribution in [0.5, 0.6) is 0 Å². The molecule has 1 rings (SSSR count). The highest BCUT2D eigenvalue weighted by molar-refractivity contribution is 5.97. The molecule has 1 atom stereocenters. The summed E-state index contributed by atoms with van der Waals surface area (Å²) in [6.07, 6.45) is 1.21. The standard InChI is InChI=1S/C15H23NO2/c1-10-8-11(2)14(12(3)9-10)15(18)16-7-5-6-13(4)17/h8-9,13,17H,5-7H2,1-4H3,(H,16,18). The second-order valence-corrected chi connectivity index (χ2v) is 5.02. The van der Waals surface area contributed by atoms with Crippen molar-refractivity contribution in [1.82, 2.24) is 5.32 Å². The Morgan fingerprint density at radius 2 is 1.83 bits per heavy atom. The number of hydrogen-bond acceptors (Lipinski definition) is 2. The SMILES string of the molecule is Cc1cc(C)c(C(=O)NCCCC(C)O)c(C)c1. The highest BCUT2D eigenvalue weighted by Crippen LogP contribution is 2.16. The van der Waals surface area contributed by atoms with Crippen LogP contribution in [0.15, 0.2) is 12.1 Å². The van der Waals surface area contributed by atoms with Crippen LogP contribution in [0.25, 0.3) is 0 Å². The van der Waals surface area contributed by atoms with Gasteiger partial charge in [0.15, 0.2) is 0 Å². The third kappa shape index (κ3) is 4.15. The van der Waals surface area contributed by atoms with Crippen LogP contribution in [0.4, 0.5) is 0 Å². The molecule has 3 heteroatoms. The lowest BCUT2D eigenvalue weighted by atomic mass is 9.99. The Morgan fingerprint density at radius 1 is 1.28 bits per heavy atom. The van der Waals surface area contributed by atoms with Crippen molar-refractivity contribution in [3.8, 4) is 0 Å². The first-order valence-electron chi connectivity index (χ1n) is 6.46. The zero-order valence-corrected chi connectivity index (χ0v) is 11.7. The number of hydrogen-bond donors (Lipinski definition) is 2. The van der Waals surface area contributed by atoms with Gasteiger partial charge in [0.25, 0.3) is 5.91 Å². The van der Waals surface area contributed by atoms with E-state index in [1.165, 1.54) is 5.56 Å². The van der Waals surface area contributed by atoms with Gasteiger partial charge in [0.05, 0.1) is 6.10 Å². The van der Waals surface area contributed by atoms with E-state index in [9.17, 15) is 4.79 Å². The van der Waals surface area contributed by atoms with Crippen LogP contribution in [0.3, 0.4) is 0 Å². The van der Waals surface area contributed by atoms with Crippen LogP contribution < -0.4 is 5.32 Å². The van der Waals surface area contributed by atoms with Gasteiger partial charge in [-0.05, 0) is 51.7 Å². The van der Waals surface area contributed by atoms with Crippen molar-refractivity contribution in [1.29, 1.82) is 0 Å². The molecule has 0 heterocycles. The minimum Gasteiger partial charge on any atom is -0.393 e. The number of amides is 1. The third-order valence-corrected chi connectivity index (χ3v) is 2.99. The van der Waals surface area contributed by atoms with Gasteiger partial charge in [0.2, 0.25) is 0 Å². The van der Waals surface area contributed by atoms with Crippen molar-refractivity contribution < 1.29 is 9.90 Å². The number of aliphatic hydroxyl groups excluding tert-OH is 1. The highest BCUT2D eigenvalue weighted by Gasteiger charge is 2.12. The molecule has 0 fully saturated rings. The lowest BCUT2D eigenvalue weighted by molar-refractivity contribution is 0.0948. The number of nitrogens with one attached hydrogen (secondary N) is 1. The number of rotatable bonds is 5. The maximum atomic E-state index is 12.1. The lowest BCUT2D eigenvalue weighted by Gasteiger charge is -2.12. The van der Waals surface area contributed by atoms with E-state index < -0.39 is 0 Å². The predicted molar refractivity (Wildman–Crippen MR) is 73.9 cm³/mol. The van der Waals surface area contributed by atoms with E-state index in [-0.39, 0.29) is 12.0 Å². The molecule has 3 nitrogen and oxygen atoms in total. The van der Waals surface area contributed by atoms with Gasteiger partial charge >= 0.3 is 0 Å². The molecule has 100 valence electrons. The summed E-state index contributed by atoms with van der Waals surface area (Å²) in [6, 6.07) is 4.05. The molecular weight excluding hydrogens is 226 g/mol. The van der Waals surface area contributed by atoms with Crippen LogP contribution in [-0.4, -0.2) is 23.7 Å². The number of aryl methyl sites for hydroxylation is 3. The first-order chi connectivity index (χ1) is 8.41. The normalized spacial score (nSPS) is 12.3. The highest BCUT2D eigenvalue weighted by atomic mass is 16.3. The Kier molecular flexibility index (Phi) is 5.35. The van der Waals surface area contributed by atoms with Crippen LogP contribution in [-0.2, 0) is 0 Å². The molecule has 0 radical (unpaired) electrons. The average Bonchev–Trinajstić information content (AvgIpc) is 2.22. The van der Waals surface area contributed by atoms with Gasteiger partial charge in [-0.3, -0.25) is 4.79 Å². The first-order valence-corrected chi connectivity index (χ1v) is 6.46. The zero-order valence-electron chi connectivity index (χ0n) is 11.7. The van der Waals surface area contributed by atoms with E-state index >= 15 is 0 Å². The molecule has 2 N–H and O–H groups in total. The largest absolute Gasteiger partial charge is 0.393 e. The Hall–Kier alpha value is -1.35. The summed E-state index contributed by atoms with van der Waals surface area (Å²) in [7, 11) is 0. The number of carbonyl (C=O) groups excluding carboxylic acids is 1. The van der Waals surface area contributed by atoms with Gasteiger partial charge in [-0.15, -0.1) is 0 Å². The minimum absolute atomic E-state index is 0.0180. The molecule has 1 amide bonds. The van der Waals surface area contributed by atoms with E-state index in [1.54, 1.807) is 6.92 Å². The van der Waals surface area contributed by atoms with Gasteiger partial charge in [0, 0.05) is 12.1 Å². The molecule has 0 aliphatic heterocycles. The second-order valence-electron chi connectivity index (χ2n) is 5.02. The van der Waals surface area contributed by atoms with Crippen LogP contribution in [0, 0.1) is 20.8 Å². The minimum atomic E-state index is -0.301. The molecule has 0 spiro atoms. The molecular formula is C15H23NO2. The molecule has 1 aromatic rings. The number of aliphatic hydroxyl groups is 1. The van der Waals surface area contributed by atoms with Gasteiger partial charge in [0.1, 0.15) is 0 Å². The smallest absolute Gasteiger partial charge is 0.251 e. The summed E-state index contributed by atoms with van der Waals surface area (Å²) in [6.45, 7) is 8.33. The first kappa shape index (κ1) is 14.7. The Morgan fingerprint density at radius 3 is 2.33 bits per heavy atom. The molecule has 1 aromatic carbocycles. The van der Waals surface area contributed by atoms with E-state index in [0.717, 1.165) is 23.1 Å². The van der Waals surface area contributed by atoms with Crippen molar-refractivity contribution >= 4 is 5.91 Å². The number of benzene rings is 1. The van der Waals surface area contributed by atoms with Gasteiger partial charge in [-0.25, -0.2) is 0 Å². The summed E-state index contributed by atoms with van der Waals surface area (Å²) in [5.41, 5.74) is 3.98. The molecule has 0 aromatic heterocycles. The lowest BCUT2D eigenvalue weighted by Crippen LogP contribution is -2.26. The van der Waals surface area contributed by atoms with E-state index in [0.29, 0.717) is 13.0 Å². The third-order valence-electron chi connectivity index (χ3n) is 2.99. The molecule has 0 saturated carbocycles. The Balaban J connectivity index is 2.62. The van der Waals surface area contributed by atoms with Crippen molar-refractivity contribution in [3.05, 3.63) is 34.4 Å². The molecule has 0 bridgehead atoms. The molecule has 0 aliphatic rings. The summed E-state index contributed by atoms with van der Waals surface area (Å²) >= 11 is 0. The summed E-state index contributed by atoms with van der Waals surface area (Å²) in [5.74, 6) is -0.0180. The fourth-order valence-electron chi connectivity index (χ4n) is 2.23. The van der Waals surface area contributed by atoms with Crippen LogP contribution in [0.1, 0.15) is 46.8 Å². The van der Waals surface area contributed by atoms with Crippen molar-refractivity contribution in [2.24, 2.45) is 0 Å². The fourth-order valence-corrected chi connectivity index (χ4v) is 2.23. The summed E-state index contributed by atoms with van der Waals surface area (Å²) < 4.78 is 0. The quantitative estimate of drug-likeness (QED) is 0.788. The Labute approximate surface area is 109 Å². The van der Waals surface area contributed by atoms with Gasteiger partial charge in [-0.2, -0.15) is 0 Å². The Bertz CT molecular complexity index is 401. The maximum Gasteiger partial charge on any atom is 0.251 e. The van der Waals surface area contributed by atoms with Crippen molar-refractivity contribution in [2.45, 2.75) is 46.6 Å². The average molecular weight is 249 g/mol. The molecule has 0 saturated heterocycles. The topological polar surface area (TPSA) is 49.3 Å². The number of carbonyl (C=O) groups is 1. The van der Waals surface area contributed by atoms with E-state index in [4.69, 9.17) is 5.11 Å². The molecule has 0 aliphatic carbocycles. The fraction of sp³-hybridized carbons (Fsp3) is 0.533. The van der Waals surface area contributed by atoms with E-state index in [2.05, 4.69) is 5.32 Å². The van der Waals surface area contributed by atoms with Crippen molar-refractivity contribution in [2.75, 3.05) is 6.54 Å². The second kappa shape index (κ2) is 6.55. The molecule has 18 heavy (non-hydrogen) atoms. The van der Waals surface area contributed by atoms with Gasteiger partial charge < -0.3 is 10.4 Å².